The molecule has 0 spiro atoms. The lowest BCUT2D eigenvalue weighted by molar-refractivity contribution is -0.137. The molecule has 2 aromatic heterocycles. The fourth-order valence-corrected chi connectivity index (χ4v) is 3.20. The highest BCUT2D eigenvalue weighted by Gasteiger charge is 2.36. The van der Waals surface area contributed by atoms with Crippen molar-refractivity contribution >= 4 is 28.8 Å². The average Bonchev–Trinajstić information content (AvgIpc) is 3.32. The van der Waals surface area contributed by atoms with Crippen molar-refractivity contribution in [2.75, 3.05) is 0 Å². The summed E-state index contributed by atoms with van der Waals surface area (Å²) in [6.07, 6.45) is -4.67. The topological polar surface area (TPSA) is 57.8 Å². The first-order valence-electron chi connectivity index (χ1n) is 8.08. The van der Waals surface area contributed by atoms with Crippen LogP contribution in [-0.4, -0.2) is 16.1 Å². The van der Waals surface area contributed by atoms with Crippen LogP contribution in [-0.2, 0) is 12.7 Å². The number of hydrogen-bond donors (Lipinski definition) is 2. The number of halogens is 4. The molecule has 2 N–H and O–H groups in total. The van der Waals surface area contributed by atoms with Gasteiger partial charge in [-0.2, -0.15) is 18.3 Å². The number of alkyl halides is 3. The van der Waals surface area contributed by atoms with Crippen LogP contribution in [0.25, 0.3) is 10.6 Å². The molecule has 0 radical (unpaired) electrons. The smallest absolute Gasteiger partial charge is 0.346 e. The maximum atomic E-state index is 13.1. The number of carbonyl (C=O) groups excluding carboxylic acids is 1. The molecule has 3 aromatic rings. The minimum Gasteiger partial charge on any atom is -0.346 e. The first-order chi connectivity index (χ1) is 12.9. The number of hydrogen-bond acceptors (Lipinski definition) is 3. The summed E-state index contributed by atoms with van der Waals surface area (Å²) in [6, 6.07) is 8.73. The zero-order valence-electron chi connectivity index (χ0n) is 14.5. The van der Waals surface area contributed by atoms with E-state index in [4.69, 9.17) is 11.6 Å². The second-order valence-electron chi connectivity index (χ2n) is 5.10. The number of nitrogens with zero attached hydrogens (tertiary/aromatic N) is 1. The van der Waals surface area contributed by atoms with Crippen LogP contribution >= 0.6 is 22.9 Å². The second kappa shape index (κ2) is 9.05. The number of H-pyrrole nitrogens is 1. The molecule has 0 aliphatic carbocycles. The summed E-state index contributed by atoms with van der Waals surface area (Å²) in [6.45, 7) is 4.00. The van der Waals surface area contributed by atoms with E-state index in [1.54, 1.807) is 6.07 Å². The van der Waals surface area contributed by atoms with Gasteiger partial charge in [0.05, 0.1) is 33.3 Å². The third-order valence-electron chi connectivity index (χ3n) is 3.39. The van der Waals surface area contributed by atoms with E-state index in [1.165, 1.54) is 17.4 Å². The number of nitrogens with one attached hydrogen (secondary N) is 2. The summed E-state index contributed by atoms with van der Waals surface area (Å²) < 4.78 is 39.2. The molecule has 0 aliphatic rings. The Kier molecular flexibility index (Phi) is 7.04. The summed E-state index contributed by atoms with van der Waals surface area (Å²) in [5, 5.41) is 10.9. The summed E-state index contributed by atoms with van der Waals surface area (Å²) in [4.78, 5) is 13.2. The average molecular weight is 416 g/mol. The van der Waals surface area contributed by atoms with Gasteiger partial charge in [0.1, 0.15) is 5.69 Å². The van der Waals surface area contributed by atoms with E-state index in [2.05, 4.69) is 15.5 Å². The third kappa shape index (κ3) is 5.11. The van der Waals surface area contributed by atoms with E-state index in [-0.39, 0.29) is 11.6 Å². The first kappa shape index (κ1) is 21.0. The maximum Gasteiger partial charge on any atom is 0.417 e. The Balaban J connectivity index is 0.00000126. The maximum absolute atomic E-state index is 13.1. The molecule has 1 amide bonds. The molecule has 0 saturated carbocycles. The number of rotatable bonds is 4. The van der Waals surface area contributed by atoms with E-state index in [0.717, 1.165) is 17.0 Å². The molecule has 0 unspecified atom stereocenters. The fraction of sp³-hybridized carbons (Fsp3) is 0.222. The summed E-state index contributed by atoms with van der Waals surface area (Å²) in [5.41, 5.74) is -0.388. The molecule has 27 heavy (non-hydrogen) atoms. The van der Waals surface area contributed by atoms with Crippen LogP contribution in [0.2, 0.25) is 5.02 Å². The Labute approximate surface area is 163 Å². The van der Waals surface area contributed by atoms with Crippen molar-refractivity contribution < 1.29 is 18.0 Å². The minimum absolute atomic E-state index is 0.000269. The van der Waals surface area contributed by atoms with Gasteiger partial charge >= 0.3 is 6.18 Å². The predicted molar refractivity (Wildman–Crippen MR) is 101 cm³/mol. The Morgan fingerprint density at radius 1 is 1.26 bits per heavy atom. The number of aromatic nitrogens is 2. The van der Waals surface area contributed by atoms with Crippen molar-refractivity contribution in [1.29, 1.82) is 0 Å². The van der Waals surface area contributed by atoms with E-state index < -0.39 is 23.2 Å². The van der Waals surface area contributed by atoms with Crippen molar-refractivity contribution in [2.24, 2.45) is 0 Å². The molecule has 2 heterocycles. The monoisotopic (exact) mass is 415 g/mol. The van der Waals surface area contributed by atoms with Gasteiger partial charge in [0.2, 0.25) is 0 Å². The fourth-order valence-electron chi connectivity index (χ4n) is 2.26. The third-order valence-corrected chi connectivity index (χ3v) is 4.60. The van der Waals surface area contributed by atoms with Gasteiger partial charge in [-0.05, 0) is 29.6 Å². The predicted octanol–water partition coefficient (Wildman–Crippen LogP) is 5.77. The van der Waals surface area contributed by atoms with Gasteiger partial charge in [0, 0.05) is 0 Å². The van der Waals surface area contributed by atoms with Gasteiger partial charge in [-0.3, -0.25) is 9.89 Å². The van der Waals surface area contributed by atoms with Gasteiger partial charge in [-0.25, -0.2) is 0 Å². The first-order valence-corrected chi connectivity index (χ1v) is 9.34. The standard InChI is InChI=1S/C16H11ClF3N3OS.C2H6/c17-11-4-1-3-10(16(18,19)20)14(11)15(24)21-8-9-7-12(23-22-9)13-5-2-6-25-13;1-2/h1-7H,8H2,(H,21,24)(H,22,23);1-2H3. The van der Waals surface area contributed by atoms with E-state index >= 15 is 0 Å². The van der Waals surface area contributed by atoms with Gasteiger partial charge in [-0.15, -0.1) is 11.3 Å². The van der Waals surface area contributed by atoms with E-state index in [9.17, 15) is 18.0 Å². The molecular weight excluding hydrogens is 399 g/mol. The molecule has 0 aliphatic heterocycles. The van der Waals surface area contributed by atoms with Crippen molar-refractivity contribution in [3.63, 3.8) is 0 Å². The highest BCUT2D eigenvalue weighted by atomic mass is 35.5. The highest BCUT2D eigenvalue weighted by molar-refractivity contribution is 7.13. The number of carbonyl (C=O) groups is 1. The molecule has 3 rings (SSSR count). The second-order valence-corrected chi connectivity index (χ2v) is 6.45. The SMILES string of the molecule is CC.O=C(NCc1cc(-c2cccs2)n[nH]1)c1c(Cl)cccc1C(F)(F)F. The molecule has 9 heteroatoms. The number of amides is 1. The molecular formula is C18H17ClF3N3OS. The molecule has 0 fully saturated rings. The quantitative estimate of drug-likeness (QED) is 0.568. The minimum atomic E-state index is -4.67. The summed E-state index contributed by atoms with van der Waals surface area (Å²) >= 11 is 7.31. The molecule has 1 aromatic carbocycles. The van der Waals surface area contributed by atoms with Gasteiger partial charge < -0.3 is 5.32 Å². The summed E-state index contributed by atoms with van der Waals surface area (Å²) in [7, 11) is 0. The lowest BCUT2D eigenvalue weighted by Crippen LogP contribution is -2.26. The lowest BCUT2D eigenvalue weighted by Gasteiger charge is -2.13. The van der Waals surface area contributed by atoms with Crippen LogP contribution < -0.4 is 5.32 Å². The van der Waals surface area contributed by atoms with Crippen molar-refractivity contribution in [3.05, 3.63) is 63.6 Å². The van der Waals surface area contributed by atoms with Gasteiger partial charge in [0.15, 0.2) is 0 Å². The van der Waals surface area contributed by atoms with Gasteiger partial charge in [0.25, 0.3) is 5.91 Å². The van der Waals surface area contributed by atoms with Crippen LogP contribution in [0.4, 0.5) is 13.2 Å². The molecule has 144 valence electrons. The van der Waals surface area contributed by atoms with E-state index in [1.807, 2.05) is 31.4 Å². The normalized spacial score (nSPS) is 10.9. The zero-order valence-corrected chi connectivity index (χ0v) is 16.1. The molecule has 0 bridgehead atoms. The van der Waals surface area contributed by atoms with Crippen LogP contribution in [0.1, 0.15) is 35.5 Å². The molecule has 4 nitrogen and oxygen atoms in total. The van der Waals surface area contributed by atoms with Crippen molar-refractivity contribution in [1.82, 2.24) is 15.5 Å². The zero-order chi connectivity index (χ0) is 20.0. The Bertz CT molecular complexity index is 892. The number of thiophene rings is 1. The van der Waals surface area contributed by atoms with Crippen LogP contribution in [0, 0.1) is 0 Å². The van der Waals surface area contributed by atoms with Crippen LogP contribution in [0.3, 0.4) is 0 Å². The molecule has 0 saturated heterocycles. The molecule has 0 atom stereocenters. The lowest BCUT2D eigenvalue weighted by atomic mass is 10.1. The number of benzene rings is 1. The van der Waals surface area contributed by atoms with Crippen LogP contribution in [0.15, 0.2) is 41.8 Å². The van der Waals surface area contributed by atoms with Crippen molar-refractivity contribution in [3.8, 4) is 10.6 Å². The van der Waals surface area contributed by atoms with Crippen LogP contribution in [0.5, 0.6) is 0 Å². The van der Waals surface area contributed by atoms with Crippen molar-refractivity contribution in [2.45, 2.75) is 26.6 Å². The van der Waals surface area contributed by atoms with Gasteiger partial charge in [-0.1, -0.05) is 37.6 Å². The largest absolute Gasteiger partial charge is 0.417 e. The Morgan fingerprint density at radius 2 is 2.00 bits per heavy atom. The highest BCUT2D eigenvalue weighted by Crippen LogP contribution is 2.35. The summed E-state index contributed by atoms with van der Waals surface area (Å²) in [5.74, 6) is -0.898. The Hall–Kier alpha value is -2.32. The Morgan fingerprint density at radius 3 is 2.63 bits per heavy atom. The number of aromatic amines is 1. The van der Waals surface area contributed by atoms with E-state index in [0.29, 0.717) is 11.4 Å².